The predicted octanol–water partition coefficient (Wildman–Crippen LogP) is 4.30. The Morgan fingerprint density at radius 3 is 2.39 bits per heavy atom. The normalized spacial score (nSPS) is 16.4. The fourth-order valence-electron chi connectivity index (χ4n) is 5.00. The zero-order valence-electron chi connectivity index (χ0n) is 20.3. The minimum absolute atomic E-state index is 0.0454. The summed E-state index contributed by atoms with van der Waals surface area (Å²) in [4.78, 5) is 18.9. The van der Waals surface area contributed by atoms with Gasteiger partial charge >= 0.3 is 5.69 Å². The number of benzene rings is 2. The van der Waals surface area contributed by atoms with Crippen molar-refractivity contribution in [2.45, 2.75) is 19.4 Å². The van der Waals surface area contributed by atoms with Gasteiger partial charge in [-0.05, 0) is 49.2 Å². The first-order chi connectivity index (χ1) is 18.4. The van der Waals surface area contributed by atoms with Gasteiger partial charge in [0.25, 0.3) is 0 Å². The Labute approximate surface area is 215 Å². The minimum Gasteiger partial charge on any atom is -0.454 e. The molecule has 2 fully saturated rings. The first-order valence-electron chi connectivity index (χ1n) is 12.3. The minimum atomic E-state index is -0.741. The molecule has 2 saturated heterocycles. The predicted molar refractivity (Wildman–Crippen MR) is 132 cm³/mol. The average molecular weight is 524 g/mol. The van der Waals surface area contributed by atoms with E-state index < -0.39 is 23.1 Å². The molecule has 0 unspecified atom stereocenters. The lowest BCUT2D eigenvalue weighted by Gasteiger charge is -2.52. The molecule has 2 aliphatic heterocycles. The van der Waals surface area contributed by atoms with Crippen LogP contribution in [0.15, 0.2) is 65.8 Å². The molecule has 11 heteroatoms. The summed E-state index contributed by atoms with van der Waals surface area (Å²) in [5.74, 6) is -1.35. The highest BCUT2D eigenvalue weighted by Crippen LogP contribution is 2.43. The fraction of sp³-hybridized carbons (Fsp3) is 0.296. The second kappa shape index (κ2) is 9.64. The lowest BCUT2D eigenvalue weighted by Crippen LogP contribution is -2.59. The largest absolute Gasteiger partial charge is 0.454 e. The third kappa shape index (κ3) is 4.43. The molecule has 4 heterocycles. The summed E-state index contributed by atoms with van der Waals surface area (Å²) in [6.07, 6.45) is 4.67. The van der Waals surface area contributed by atoms with Crippen LogP contribution in [0.2, 0.25) is 0 Å². The zero-order chi connectivity index (χ0) is 26.3. The molecule has 4 aromatic rings. The Morgan fingerprint density at radius 2 is 1.68 bits per heavy atom. The average Bonchev–Trinajstić information content (AvgIpc) is 3.27. The third-order valence-corrected chi connectivity index (χ3v) is 7.17. The molecule has 2 aromatic heterocycles. The second-order valence-electron chi connectivity index (χ2n) is 9.66. The van der Waals surface area contributed by atoms with E-state index in [2.05, 4.69) is 10.1 Å². The summed E-state index contributed by atoms with van der Waals surface area (Å²) in [6, 6.07) is 11.3. The zero-order valence-corrected chi connectivity index (χ0v) is 20.3. The van der Waals surface area contributed by atoms with Crippen molar-refractivity contribution >= 4 is 5.82 Å². The van der Waals surface area contributed by atoms with Crippen LogP contribution in [0.5, 0.6) is 11.5 Å². The summed E-state index contributed by atoms with van der Waals surface area (Å²) in [6.45, 7) is 2.65. The Balaban J connectivity index is 1.16. The summed E-state index contributed by atoms with van der Waals surface area (Å²) in [5, 5.41) is 4.05. The maximum Gasteiger partial charge on any atom is 0.350 e. The van der Waals surface area contributed by atoms with Gasteiger partial charge in [-0.1, -0.05) is 6.07 Å². The maximum atomic E-state index is 15.3. The maximum absolute atomic E-state index is 15.3. The van der Waals surface area contributed by atoms with Gasteiger partial charge in [0, 0.05) is 49.5 Å². The van der Waals surface area contributed by atoms with Gasteiger partial charge in [-0.2, -0.15) is 14.2 Å². The lowest BCUT2D eigenvalue weighted by molar-refractivity contribution is -0.000692. The second-order valence-corrected chi connectivity index (χ2v) is 9.66. The van der Waals surface area contributed by atoms with Crippen LogP contribution in [-0.2, 0) is 11.3 Å². The molecule has 6 rings (SSSR count). The monoisotopic (exact) mass is 523 g/mol. The number of hydrogen-bond acceptors (Lipinski definition) is 6. The van der Waals surface area contributed by atoms with E-state index in [-0.39, 0.29) is 29.1 Å². The van der Waals surface area contributed by atoms with E-state index in [1.165, 1.54) is 24.7 Å². The van der Waals surface area contributed by atoms with Gasteiger partial charge in [0.2, 0.25) is 5.82 Å². The van der Waals surface area contributed by atoms with Gasteiger partial charge in [-0.3, -0.25) is 4.57 Å². The van der Waals surface area contributed by atoms with Crippen LogP contribution in [0.4, 0.5) is 19.0 Å². The van der Waals surface area contributed by atoms with Crippen molar-refractivity contribution in [3.05, 3.63) is 94.6 Å². The van der Waals surface area contributed by atoms with Crippen LogP contribution in [0.3, 0.4) is 0 Å². The SMILES string of the molecule is O=c1n(Cc2c(F)cccc2F)cnn1-c1ccc(Oc2ccnc(N3CC4(CCOCC4)C3)c2F)cc1. The fourth-order valence-corrected chi connectivity index (χ4v) is 5.00. The molecule has 0 atom stereocenters. The molecule has 0 radical (unpaired) electrons. The molecular formula is C27H24F3N5O3. The quantitative estimate of drug-likeness (QED) is 0.375. The molecule has 8 nitrogen and oxygen atoms in total. The Morgan fingerprint density at radius 1 is 0.974 bits per heavy atom. The Kier molecular flexibility index (Phi) is 6.15. The number of pyridine rings is 1. The molecule has 0 amide bonds. The molecule has 0 N–H and O–H groups in total. The highest BCUT2D eigenvalue weighted by atomic mass is 19.1. The molecule has 1 spiro atoms. The van der Waals surface area contributed by atoms with Crippen molar-refractivity contribution in [1.29, 1.82) is 0 Å². The molecule has 0 saturated carbocycles. The highest BCUT2D eigenvalue weighted by Gasteiger charge is 2.45. The smallest absolute Gasteiger partial charge is 0.350 e. The van der Waals surface area contributed by atoms with Crippen molar-refractivity contribution < 1.29 is 22.6 Å². The molecule has 0 bridgehead atoms. The van der Waals surface area contributed by atoms with Crippen LogP contribution < -0.4 is 15.3 Å². The van der Waals surface area contributed by atoms with Gasteiger partial charge in [0.05, 0.1) is 12.2 Å². The molecular weight excluding hydrogens is 499 g/mol. The third-order valence-electron chi connectivity index (χ3n) is 7.17. The highest BCUT2D eigenvalue weighted by molar-refractivity contribution is 5.50. The van der Waals surface area contributed by atoms with Gasteiger partial charge < -0.3 is 14.4 Å². The van der Waals surface area contributed by atoms with E-state index in [4.69, 9.17) is 9.47 Å². The molecule has 38 heavy (non-hydrogen) atoms. The van der Waals surface area contributed by atoms with E-state index in [1.807, 2.05) is 4.90 Å². The number of nitrogens with zero attached hydrogens (tertiary/aromatic N) is 5. The van der Waals surface area contributed by atoms with Crippen molar-refractivity contribution in [3.63, 3.8) is 0 Å². The van der Waals surface area contributed by atoms with Crippen molar-refractivity contribution in [1.82, 2.24) is 19.3 Å². The number of hydrogen-bond donors (Lipinski definition) is 0. The van der Waals surface area contributed by atoms with Gasteiger partial charge in [-0.25, -0.2) is 18.6 Å². The molecule has 196 valence electrons. The lowest BCUT2D eigenvalue weighted by atomic mass is 9.73. The van der Waals surface area contributed by atoms with E-state index in [9.17, 15) is 13.6 Å². The van der Waals surface area contributed by atoms with Crippen molar-refractivity contribution in [2.75, 3.05) is 31.2 Å². The number of ether oxygens (including phenoxy) is 2. The standard InChI is InChI=1S/C27H24F3N5O3/c28-21-2-1-3-22(29)20(21)14-33-17-32-35(26(33)36)18-4-6-19(7-5-18)38-23-8-11-31-25(24(23)30)34-15-27(16-34)9-12-37-13-10-27/h1-8,11,17H,9-10,12-16H2. The van der Waals surface area contributed by atoms with E-state index in [1.54, 1.807) is 24.3 Å². The van der Waals surface area contributed by atoms with Crippen LogP contribution in [0.25, 0.3) is 5.69 Å². The Bertz CT molecular complexity index is 1500. The number of rotatable bonds is 6. The van der Waals surface area contributed by atoms with Crippen LogP contribution in [0, 0.1) is 22.9 Å². The topological polar surface area (TPSA) is 74.4 Å². The molecule has 2 aliphatic rings. The van der Waals surface area contributed by atoms with Crippen molar-refractivity contribution in [3.8, 4) is 17.2 Å². The first-order valence-corrected chi connectivity index (χ1v) is 12.3. The first kappa shape index (κ1) is 24.2. The number of aromatic nitrogens is 4. The Hall–Kier alpha value is -4.12. The van der Waals surface area contributed by atoms with E-state index in [0.29, 0.717) is 11.4 Å². The van der Waals surface area contributed by atoms with E-state index >= 15 is 4.39 Å². The van der Waals surface area contributed by atoms with Crippen molar-refractivity contribution in [2.24, 2.45) is 5.41 Å². The number of anilines is 1. The van der Waals surface area contributed by atoms with Gasteiger partial charge in [-0.15, -0.1) is 0 Å². The van der Waals surface area contributed by atoms with Gasteiger partial charge in [0.15, 0.2) is 11.6 Å². The summed E-state index contributed by atoms with van der Waals surface area (Å²) in [7, 11) is 0. The van der Waals surface area contributed by atoms with Crippen LogP contribution in [0.1, 0.15) is 18.4 Å². The summed E-state index contributed by atoms with van der Waals surface area (Å²) < 4.78 is 56.7. The molecule has 2 aromatic carbocycles. The summed E-state index contributed by atoms with van der Waals surface area (Å²) in [5.41, 5.74) is -0.206. The van der Waals surface area contributed by atoms with Crippen LogP contribution in [-0.4, -0.2) is 45.6 Å². The number of halogens is 3. The summed E-state index contributed by atoms with van der Waals surface area (Å²) >= 11 is 0. The van der Waals surface area contributed by atoms with Crippen LogP contribution >= 0.6 is 0 Å². The molecule has 0 aliphatic carbocycles. The van der Waals surface area contributed by atoms with Gasteiger partial charge in [0.1, 0.15) is 23.7 Å². The van der Waals surface area contributed by atoms with E-state index in [0.717, 1.165) is 60.5 Å².